The highest BCUT2D eigenvalue weighted by atomic mass is 32.2. The first-order chi connectivity index (χ1) is 8.88. The third kappa shape index (κ3) is 1.96. The zero-order chi connectivity index (χ0) is 12.4. The second kappa shape index (κ2) is 4.75. The van der Waals surface area contributed by atoms with E-state index in [1.54, 1.807) is 6.20 Å². The van der Waals surface area contributed by atoms with E-state index < -0.39 is 0 Å². The van der Waals surface area contributed by atoms with Gasteiger partial charge in [0.2, 0.25) is 0 Å². The minimum Gasteiger partial charge on any atom is -0.325 e. The highest BCUT2D eigenvalue weighted by Crippen LogP contribution is 2.28. The summed E-state index contributed by atoms with van der Waals surface area (Å²) in [6, 6.07) is 9.69. The SMILES string of the molecule is NCc1ncccc1Sc1nnc2ccccn12. The molecule has 90 valence electrons. The number of hydrogen-bond acceptors (Lipinski definition) is 5. The lowest BCUT2D eigenvalue weighted by Gasteiger charge is -2.04. The van der Waals surface area contributed by atoms with E-state index in [0.717, 1.165) is 21.4 Å². The number of pyridine rings is 2. The number of rotatable bonds is 3. The summed E-state index contributed by atoms with van der Waals surface area (Å²) in [5.74, 6) is 0. The lowest BCUT2D eigenvalue weighted by molar-refractivity contribution is 0.908. The van der Waals surface area contributed by atoms with Gasteiger partial charge in [0.25, 0.3) is 0 Å². The molecule has 0 bridgehead atoms. The summed E-state index contributed by atoms with van der Waals surface area (Å²) in [4.78, 5) is 5.27. The van der Waals surface area contributed by atoms with Gasteiger partial charge in [-0.3, -0.25) is 9.38 Å². The maximum Gasteiger partial charge on any atom is 0.200 e. The summed E-state index contributed by atoms with van der Waals surface area (Å²) < 4.78 is 1.94. The third-order valence-corrected chi connectivity index (χ3v) is 3.58. The Hall–Kier alpha value is -1.92. The van der Waals surface area contributed by atoms with Crippen molar-refractivity contribution in [1.29, 1.82) is 0 Å². The molecule has 0 spiro atoms. The molecule has 6 heteroatoms. The minimum absolute atomic E-state index is 0.417. The van der Waals surface area contributed by atoms with Crippen LogP contribution in [0.5, 0.6) is 0 Å². The zero-order valence-electron chi connectivity index (χ0n) is 9.52. The van der Waals surface area contributed by atoms with Crippen molar-refractivity contribution in [1.82, 2.24) is 19.6 Å². The molecule has 18 heavy (non-hydrogen) atoms. The number of nitrogens with two attached hydrogens (primary N) is 1. The predicted octanol–water partition coefficient (Wildman–Crippen LogP) is 1.73. The first-order valence-corrected chi connectivity index (χ1v) is 6.31. The van der Waals surface area contributed by atoms with Crippen LogP contribution in [0.1, 0.15) is 5.69 Å². The molecule has 0 amide bonds. The zero-order valence-corrected chi connectivity index (χ0v) is 10.3. The van der Waals surface area contributed by atoms with Crippen molar-refractivity contribution >= 4 is 17.4 Å². The monoisotopic (exact) mass is 257 g/mol. The predicted molar refractivity (Wildman–Crippen MR) is 69.2 cm³/mol. The molecule has 0 saturated carbocycles. The minimum atomic E-state index is 0.417. The van der Waals surface area contributed by atoms with Gasteiger partial charge in [-0.1, -0.05) is 6.07 Å². The molecule has 0 radical (unpaired) electrons. The maximum atomic E-state index is 5.67. The van der Waals surface area contributed by atoms with Gasteiger partial charge in [-0.15, -0.1) is 10.2 Å². The molecular formula is C12H11N5S. The van der Waals surface area contributed by atoms with Gasteiger partial charge in [-0.05, 0) is 36.0 Å². The molecule has 3 rings (SSSR count). The normalized spacial score (nSPS) is 10.9. The van der Waals surface area contributed by atoms with Gasteiger partial charge >= 0.3 is 0 Å². The molecule has 0 atom stereocenters. The first-order valence-electron chi connectivity index (χ1n) is 5.50. The van der Waals surface area contributed by atoms with E-state index in [4.69, 9.17) is 5.73 Å². The topological polar surface area (TPSA) is 69.1 Å². The second-order valence-electron chi connectivity index (χ2n) is 3.67. The summed E-state index contributed by atoms with van der Waals surface area (Å²) in [5.41, 5.74) is 7.38. The van der Waals surface area contributed by atoms with Crippen LogP contribution in [0.3, 0.4) is 0 Å². The fourth-order valence-corrected chi connectivity index (χ4v) is 2.59. The number of fused-ring (bicyclic) bond motifs is 1. The van der Waals surface area contributed by atoms with Crippen LogP contribution in [-0.2, 0) is 6.54 Å². The molecular weight excluding hydrogens is 246 g/mol. The fraction of sp³-hybridized carbons (Fsp3) is 0.0833. The molecule has 0 unspecified atom stereocenters. The molecule has 2 N–H and O–H groups in total. The van der Waals surface area contributed by atoms with Crippen LogP contribution < -0.4 is 5.73 Å². The van der Waals surface area contributed by atoms with Crippen molar-refractivity contribution in [3.63, 3.8) is 0 Å². The maximum absolute atomic E-state index is 5.67. The Morgan fingerprint density at radius 3 is 3.00 bits per heavy atom. The Kier molecular flexibility index (Phi) is 2.95. The second-order valence-corrected chi connectivity index (χ2v) is 4.67. The van der Waals surface area contributed by atoms with E-state index in [9.17, 15) is 0 Å². The Bertz CT molecular complexity index is 679. The third-order valence-electron chi connectivity index (χ3n) is 2.53. The Morgan fingerprint density at radius 1 is 1.17 bits per heavy atom. The molecule has 0 aromatic carbocycles. The Labute approximate surface area is 108 Å². The molecule has 0 aliphatic heterocycles. The summed E-state index contributed by atoms with van der Waals surface area (Å²) in [6.45, 7) is 0.417. The van der Waals surface area contributed by atoms with Crippen molar-refractivity contribution in [2.45, 2.75) is 16.6 Å². The van der Waals surface area contributed by atoms with E-state index in [0.29, 0.717) is 6.54 Å². The number of aromatic nitrogens is 4. The van der Waals surface area contributed by atoms with Crippen LogP contribution in [0, 0.1) is 0 Å². The average Bonchev–Trinajstić information content (AvgIpc) is 2.83. The van der Waals surface area contributed by atoms with E-state index in [-0.39, 0.29) is 0 Å². The van der Waals surface area contributed by atoms with Crippen molar-refractivity contribution < 1.29 is 0 Å². The number of hydrogen-bond donors (Lipinski definition) is 1. The van der Waals surface area contributed by atoms with E-state index in [1.165, 1.54) is 11.8 Å². The smallest absolute Gasteiger partial charge is 0.200 e. The molecule has 3 aromatic rings. The first kappa shape index (κ1) is 11.2. The van der Waals surface area contributed by atoms with Crippen molar-refractivity contribution in [2.24, 2.45) is 5.73 Å². The van der Waals surface area contributed by atoms with E-state index in [2.05, 4.69) is 15.2 Å². The molecule has 0 aliphatic carbocycles. The lowest BCUT2D eigenvalue weighted by Crippen LogP contribution is -2.01. The van der Waals surface area contributed by atoms with Crippen molar-refractivity contribution in [2.75, 3.05) is 0 Å². The molecule has 0 fully saturated rings. The van der Waals surface area contributed by atoms with Crippen LogP contribution in [-0.4, -0.2) is 19.6 Å². The largest absolute Gasteiger partial charge is 0.325 e. The molecule has 5 nitrogen and oxygen atoms in total. The highest BCUT2D eigenvalue weighted by Gasteiger charge is 2.09. The lowest BCUT2D eigenvalue weighted by atomic mass is 10.3. The van der Waals surface area contributed by atoms with Crippen molar-refractivity contribution in [3.8, 4) is 0 Å². The molecule has 0 aliphatic rings. The molecule has 0 saturated heterocycles. The van der Waals surface area contributed by atoms with Crippen molar-refractivity contribution in [3.05, 3.63) is 48.4 Å². The van der Waals surface area contributed by atoms with Crippen LogP contribution in [0.2, 0.25) is 0 Å². The van der Waals surface area contributed by atoms with Crippen LogP contribution in [0.4, 0.5) is 0 Å². The van der Waals surface area contributed by atoms with E-state index in [1.807, 2.05) is 40.9 Å². The standard InChI is InChI=1S/C12H11N5S/c13-8-9-10(4-3-6-14-9)18-12-16-15-11-5-1-2-7-17(11)12/h1-7H,8,13H2. The van der Waals surface area contributed by atoms with Crippen LogP contribution in [0.25, 0.3) is 5.65 Å². The molecule has 3 heterocycles. The van der Waals surface area contributed by atoms with Gasteiger partial charge in [-0.2, -0.15) is 0 Å². The fourth-order valence-electron chi connectivity index (χ4n) is 1.66. The summed E-state index contributed by atoms with van der Waals surface area (Å²) in [7, 11) is 0. The van der Waals surface area contributed by atoms with Gasteiger partial charge in [0.15, 0.2) is 10.8 Å². The summed E-state index contributed by atoms with van der Waals surface area (Å²) >= 11 is 1.52. The Morgan fingerprint density at radius 2 is 2.11 bits per heavy atom. The van der Waals surface area contributed by atoms with Gasteiger partial charge in [0, 0.05) is 23.8 Å². The van der Waals surface area contributed by atoms with Gasteiger partial charge in [0.05, 0.1) is 5.69 Å². The summed E-state index contributed by atoms with van der Waals surface area (Å²) in [5, 5.41) is 9.10. The quantitative estimate of drug-likeness (QED) is 0.774. The highest BCUT2D eigenvalue weighted by molar-refractivity contribution is 7.99. The van der Waals surface area contributed by atoms with Crippen LogP contribution in [0.15, 0.2) is 52.8 Å². The van der Waals surface area contributed by atoms with Gasteiger partial charge < -0.3 is 5.73 Å². The Balaban J connectivity index is 2.01. The van der Waals surface area contributed by atoms with Gasteiger partial charge in [-0.25, -0.2) is 0 Å². The summed E-state index contributed by atoms with van der Waals surface area (Å²) in [6.07, 6.45) is 3.68. The van der Waals surface area contributed by atoms with Crippen LogP contribution >= 0.6 is 11.8 Å². The average molecular weight is 257 g/mol. The molecule has 3 aromatic heterocycles. The van der Waals surface area contributed by atoms with E-state index >= 15 is 0 Å². The van der Waals surface area contributed by atoms with Gasteiger partial charge in [0.1, 0.15) is 0 Å². The number of nitrogens with zero attached hydrogens (tertiary/aromatic N) is 4.